The first-order valence-electron chi connectivity index (χ1n) is 7.12. The largest absolute Gasteiger partial charge is 0.459 e. The Morgan fingerprint density at radius 2 is 1.96 bits per heavy atom. The minimum Gasteiger partial charge on any atom is -0.459 e. The fourth-order valence-corrected chi connectivity index (χ4v) is 2.64. The molecule has 0 fully saturated rings. The zero-order chi connectivity index (χ0) is 17.5. The maximum absolute atomic E-state index is 11.9. The monoisotopic (exact) mass is 365 g/mol. The Hall–Kier alpha value is -2.12. The molecule has 0 atom stereocenters. The molecule has 0 saturated heterocycles. The molecule has 2 aromatic rings. The fraction of sp³-hybridized carbons (Fsp3) is 0.250. The molecular weight excluding hydrogens is 350 g/mol. The topological polar surface area (TPSA) is 72.4 Å². The van der Waals surface area contributed by atoms with Crippen molar-refractivity contribution in [3.63, 3.8) is 0 Å². The number of benzene rings is 1. The molecule has 2 rings (SSSR count). The highest BCUT2D eigenvalue weighted by Crippen LogP contribution is 2.31. The van der Waals surface area contributed by atoms with Crippen LogP contribution in [0.5, 0.6) is 0 Å². The molecule has 0 saturated carbocycles. The molecule has 0 aliphatic heterocycles. The van der Waals surface area contributed by atoms with Crippen molar-refractivity contribution in [1.29, 1.82) is 0 Å². The quantitative estimate of drug-likeness (QED) is 0.733. The van der Waals surface area contributed by atoms with E-state index in [-0.39, 0.29) is 18.2 Å². The number of halogens is 1. The lowest BCUT2D eigenvalue weighted by Crippen LogP contribution is -2.28. The molecule has 1 aromatic carbocycles. The summed E-state index contributed by atoms with van der Waals surface area (Å²) in [6.07, 6.45) is 0. The van der Waals surface area contributed by atoms with E-state index in [0.29, 0.717) is 16.6 Å². The van der Waals surface area contributed by atoms with E-state index in [4.69, 9.17) is 16.3 Å². The van der Waals surface area contributed by atoms with Gasteiger partial charge in [0.25, 0.3) is 0 Å². The molecule has 0 bridgehead atoms. The Labute approximate surface area is 149 Å². The number of carbonyl (C=O) groups excluding carboxylic acids is 2. The van der Waals surface area contributed by atoms with Gasteiger partial charge in [-0.25, -0.2) is 4.79 Å². The minimum absolute atomic E-state index is 0.0909. The lowest BCUT2D eigenvalue weighted by atomic mass is 10.4. The number of hydrogen-bond acceptors (Lipinski definition) is 6. The number of carbonyl (C=O) groups is 2. The summed E-state index contributed by atoms with van der Waals surface area (Å²) in [7, 11) is 1.64. The van der Waals surface area contributed by atoms with Gasteiger partial charge in [-0.15, -0.1) is 10.2 Å². The summed E-state index contributed by atoms with van der Waals surface area (Å²) in [4.78, 5) is 25.2. The SMILES string of the molecule is CC(=O)N(C)CCOC(=O)c1ccc(Sc2ccccc2Cl)nn1. The van der Waals surface area contributed by atoms with Crippen LogP contribution in [0.25, 0.3) is 0 Å². The first-order valence-corrected chi connectivity index (χ1v) is 8.32. The number of likely N-dealkylation sites (N-methyl/N-ethyl adjacent to an activating group) is 1. The van der Waals surface area contributed by atoms with E-state index < -0.39 is 5.97 Å². The summed E-state index contributed by atoms with van der Waals surface area (Å²) in [5, 5.41) is 9.11. The van der Waals surface area contributed by atoms with Crippen LogP contribution in [-0.4, -0.2) is 47.2 Å². The number of rotatable bonds is 6. The lowest BCUT2D eigenvalue weighted by Gasteiger charge is -2.14. The summed E-state index contributed by atoms with van der Waals surface area (Å²) in [5.74, 6) is -0.666. The van der Waals surface area contributed by atoms with Crippen LogP contribution in [0.2, 0.25) is 5.02 Å². The van der Waals surface area contributed by atoms with Crippen molar-refractivity contribution in [2.75, 3.05) is 20.2 Å². The van der Waals surface area contributed by atoms with Crippen LogP contribution >= 0.6 is 23.4 Å². The number of nitrogens with zero attached hydrogens (tertiary/aromatic N) is 3. The third kappa shape index (κ3) is 5.21. The third-order valence-corrected chi connectivity index (χ3v) is 4.54. The Morgan fingerprint density at radius 1 is 1.21 bits per heavy atom. The standard InChI is InChI=1S/C16H16ClN3O3S/c1-11(21)20(2)9-10-23-16(22)13-7-8-15(19-18-13)24-14-6-4-3-5-12(14)17/h3-8H,9-10H2,1-2H3. The van der Waals surface area contributed by atoms with Crippen LogP contribution in [0.15, 0.2) is 46.3 Å². The van der Waals surface area contributed by atoms with Crippen molar-refractivity contribution < 1.29 is 14.3 Å². The number of amides is 1. The van der Waals surface area contributed by atoms with Gasteiger partial charge in [0.1, 0.15) is 11.6 Å². The first kappa shape index (κ1) is 18.2. The van der Waals surface area contributed by atoms with Crippen molar-refractivity contribution in [3.05, 3.63) is 47.1 Å². The molecule has 6 nitrogen and oxygen atoms in total. The Morgan fingerprint density at radius 3 is 2.58 bits per heavy atom. The van der Waals surface area contributed by atoms with E-state index in [2.05, 4.69) is 10.2 Å². The molecule has 0 aliphatic rings. The average Bonchev–Trinajstić information content (AvgIpc) is 2.57. The zero-order valence-electron chi connectivity index (χ0n) is 13.2. The van der Waals surface area contributed by atoms with Crippen molar-refractivity contribution in [1.82, 2.24) is 15.1 Å². The number of hydrogen-bond donors (Lipinski definition) is 0. The van der Waals surface area contributed by atoms with Crippen molar-refractivity contribution in [3.8, 4) is 0 Å². The van der Waals surface area contributed by atoms with E-state index in [9.17, 15) is 9.59 Å². The molecule has 1 heterocycles. The maximum atomic E-state index is 11.9. The summed E-state index contributed by atoms with van der Waals surface area (Å²) < 4.78 is 5.06. The van der Waals surface area contributed by atoms with Gasteiger partial charge < -0.3 is 9.64 Å². The van der Waals surface area contributed by atoms with E-state index >= 15 is 0 Å². The molecule has 0 N–H and O–H groups in total. The third-order valence-electron chi connectivity index (χ3n) is 3.10. The summed E-state index contributed by atoms with van der Waals surface area (Å²) in [6.45, 7) is 1.88. The van der Waals surface area contributed by atoms with Crippen LogP contribution in [0, 0.1) is 0 Å². The van der Waals surface area contributed by atoms with Gasteiger partial charge in [0.2, 0.25) is 5.91 Å². The van der Waals surface area contributed by atoms with Crippen molar-refractivity contribution in [2.45, 2.75) is 16.8 Å². The molecule has 0 unspecified atom stereocenters. The van der Waals surface area contributed by atoms with Gasteiger partial charge in [0.15, 0.2) is 5.69 Å². The van der Waals surface area contributed by atoms with Gasteiger partial charge in [-0.05, 0) is 24.3 Å². The first-order chi connectivity index (χ1) is 11.5. The van der Waals surface area contributed by atoms with E-state index in [1.165, 1.54) is 23.6 Å². The van der Waals surface area contributed by atoms with E-state index in [0.717, 1.165) is 4.90 Å². The predicted octanol–water partition coefficient (Wildman–Crippen LogP) is 2.92. The minimum atomic E-state index is -0.575. The highest BCUT2D eigenvalue weighted by molar-refractivity contribution is 7.99. The summed E-state index contributed by atoms with van der Waals surface area (Å²) >= 11 is 7.45. The number of esters is 1. The Kier molecular flexibility index (Phi) is 6.57. The number of ether oxygens (including phenoxy) is 1. The predicted molar refractivity (Wildman–Crippen MR) is 91.2 cm³/mol. The van der Waals surface area contributed by atoms with Gasteiger partial charge in [-0.2, -0.15) is 0 Å². The maximum Gasteiger partial charge on any atom is 0.358 e. The van der Waals surface area contributed by atoms with Crippen LogP contribution in [0.3, 0.4) is 0 Å². The lowest BCUT2D eigenvalue weighted by molar-refractivity contribution is -0.128. The van der Waals surface area contributed by atoms with Crippen LogP contribution < -0.4 is 0 Å². The average molecular weight is 366 g/mol. The van der Waals surface area contributed by atoms with E-state index in [1.54, 1.807) is 25.2 Å². The smallest absolute Gasteiger partial charge is 0.358 e. The zero-order valence-corrected chi connectivity index (χ0v) is 14.8. The second-order valence-electron chi connectivity index (χ2n) is 4.87. The summed E-state index contributed by atoms with van der Waals surface area (Å²) in [6, 6.07) is 10.6. The molecule has 1 aromatic heterocycles. The second kappa shape index (κ2) is 8.65. The Bertz CT molecular complexity index is 725. The molecule has 1 amide bonds. The Balaban J connectivity index is 1.90. The van der Waals surface area contributed by atoms with Crippen LogP contribution in [0.1, 0.15) is 17.4 Å². The van der Waals surface area contributed by atoms with Crippen LogP contribution in [0.4, 0.5) is 0 Å². The van der Waals surface area contributed by atoms with Crippen LogP contribution in [-0.2, 0) is 9.53 Å². The fourth-order valence-electron chi connectivity index (χ4n) is 1.63. The van der Waals surface area contributed by atoms with E-state index in [1.807, 2.05) is 18.2 Å². The molecule has 126 valence electrons. The van der Waals surface area contributed by atoms with Gasteiger partial charge in [-0.3, -0.25) is 4.79 Å². The molecule has 0 radical (unpaired) electrons. The molecule has 24 heavy (non-hydrogen) atoms. The van der Waals surface area contributed by atoms with Gasteiger partial charge in [-0.1, -0.05) is 35.5 Å². The van der Waals surface area contributed by atoms with Crippen molar-refractivity contribution in [2.24, 2.45) is 0 Å². The molecule has 8 heteroatoms. The normalized spacial score (nSPS) is 10.3. The van der Waals surface area contributed by atoms with Crippen molar-refractivity contribution >= 4 is 35.2 Å². The van der Waals surface area contributed by atoms with Gasteiger partial charge in [0, 0.05) is 18.9 Å². The molecule has 0 aliphatic carbocycles. The summed E-state index contributed by atoms with van der Waals surface area (Å²) in [5.41, 5.74) is 0.115. The van der Waals surface area contributed by atoms with Gasteiger partial charge in [0.05, 0.1) is 11.6 Å². The molecule has 0 spiro atoms. The van der Waals surface area contributed by atoms with Gasteiger partial charge >= 0.3 is 5.97 Å². The second-order valence-corrected chi connectivity index (χ2v) is 6.34. The number of aromatic nitrogens is 2. The molecular formula is C16H16ClN3O3S. The highest BCUT2D eigenvalue weighted by Gasteiger charge is 2.12. The highest BCUT2D eigenvalue weighted by atomic mass is 35.5.